The molecule has 0 aliphatic carbocycles. The van der Waals surface area contributed by atoms with Crippen LogP contribution in [0.15, 0.2) is 36.5 Å². The van der Waals surface area contributed by atoms with Crippen molar-refractivity contribution in [2.45, 2.75) is 32.5 Å². The van der Waals surface area contributed by atoms with Gasteiger partial charge in [0.15, 0.2) is 0 Å². The van der Waals surface area contributed by atoms with E-state index < -0.39 is 9.52 Å². The van der Waals surface area contributed by atoms with Crippen LogP contribution in [-0.4, -0.2) is 64.2 Å². The molecule has 0 unspecified atom stereocenters. The van der Waals surface area contributed by atoms with Crippen LogP contribution in [-0.2, 0) is 29.0 Å². The van der Waals surface area contributed by atoms with E-state index in [0.29, 0.717) is 17.5 Å². The smallest absolute Gasteiger partial charge is 0.0572 e. The number of hydrogen-bond acceptors (Lipinski definition) is 5. The van der Waals surface area contributed by atoms with Crippen LogP contribution in [0.4, 0.5) is 5.69 Å². The van der Waals surface area contributed by atoms with Gasteiger partial charge in [0.2, 0.25) is 0 Å². The van der Waals surface area contributed by atoms with Gasteiger partial charge in [0.25, 0.3) is 0 Å². The minimum atomic E-state index is -1.87. The molecule has 3 heterocycles. The molecule has 6 heteroatoms. The first-order valence-corrected chi connectivity index (χ1v) is 12.5. The Labute approximate surface area is 175 Å². The fraction of sp³-hybridized carbons (Fsp3) is 0.478. The number of anilines is 1. The van der Waals surface area contributed by atoms with Gasteiger partial charge in [0.05, 0.1) is 5.69 Å². The van der Waals surface area contributed by atoms with E-state index in [1.54, 1.807) is 0 Å². The lowest BCUT2D eigenvalue weighted by Crippen LogP contribution is -2.45. The van der Waals surface area contributed by atoms with E-state index in [4.69, 9.17) is 0 Å². The highest BCUT2D eigenvalue weighted by atomic mass is 32.2. The lowest BCUT2D eigenvalue weighted by molar-refractivity contribution is 0.271. The van der Waals surface area contributed by atoms with E-state index in [1.807, 2.05) is 12.3 Å². The Balaban J connectivity index is 1.44. The van der Waals surface area contributed by atoms with Crippen LogP contribution in [0.2, 0.25) is 0 Å². The van der Waals surface area contributed by atoms with Crippen LogP contribution >= 0.6 is 0 Å². The van der Waals surface area contributed by atoms with Crippen molar-refractivity contribution in [2.75, 3.05) is 43.1 Å². The zero-order valence-corrected chi connectivity index (χ0v) is 18.4. The third-order valence-electron chi connectivity index (χ3n) is 6.16. The van der Waals surface area contributed by atoms with Crippen LogP contribution in [0.5, 0.6) is 0 Å². The van der Waals surface area contributed by atoms with Crippen molar-refractivity contribution < 1.29 is 4.21 Å². The van der Waals surface area contributed by atoms with Crippen LogP contribution in [0.3, 0.4) is 0 Å². The number of fused-ring (bicyclic) bond motifs is 1. The molecule has 156 valence electrons. The molecule has 2 aliphatic heterocycles. The minimum absolute atomic E-state index is 0.416. The van der Waals surface area contributed by atoms with Gasteiger partial charge >= 0.3 is 0 Å². The van der Waals surface area contributed by atoms with Gasteiger partial charge in [0.1, 0.15) is 0 Å². The van der Waals surface area contributed by atoms with Crippen molar-refractivity contribution in [3.8, 4) is 0 Å². The first kappa shape index (κ1) is 20.4. The molecule has 0 spiro atoms. The molecule has 0 bridgehead atoms. The molecule has 0 saturated carbocycles. The van der Waals surface area contributed by atoms with Gasteiger partial charge in [-0.3, -0.25) is 14.1 Å². The average Bonchev–Trinajstić information content (AvgIpc) is 2.69. The number of aryl methyl sites for hydroxylation is 1. The average molecular weight is 413 g/mol. The molecule has 1 saturated heterocycles. The molecule has 0 radical (unpaired) electrons. The topological polar surface area (TPSA) is 48.5 Å². The fourth-order valence-electron chi connectivity index (χ4n) is 4.41. The van der Waals surface area contributed by atoms with Crippen LogP contribution in [0, 0.1) is 6.92 Å². The molecule has 0 amide bonds. The molecular weight excluding hydrogens is 380 g/mol. The number of nitrogens with one attached hydrogen (secondary N) is 1. The number of nitrogens with zero attached hydrogens (tertiary/aromatic N) is 3. The molecule has 2 aromatic rings. The van der Waals surface area contributed by atoms with Gasteiger partial charge in [-0.05, 0) is 64.6 Å². The predicted octanol–water partition coefficient (Wildman–Crippen LogP) is 2.07. The first-order chi connectivity index (χ1) is 13.9. The van der Waals surface area contributed by atoms with Crippen molar-refractivity contribution in [1.82, 2.24) is 15.2 Å². The lowest BCUT2D eigenvalue weighted by atomic mass is 9.93. The number of pyridine rings is 1. The highest BCUT2D eigenvalue weighted by Crippen LogP contribution is 2.29. The summed E-state index contributed by atoms with van der Waals surface area (Å²) in [7, 11) is 0.302. The van der Waals surface area contributed by atoms with Gasteiger partial charge in [-0.25, -0.2) is 0 Å². The summed E-state index contributed by atoms with van der Waals surface area (Å²) < 4.78 is 12.3. The summed E-state index contributed by atoms with van der Waals surface area (Å²) >= 11 is 0. The summed E-state index contributed by atoms with van der Waals surface area (Å²) in [6.45, 7) is 6.57. The Morgan fingerprint density at radius 1 is 1.28 bits per heavy atom. The SMILES string of the molecule is C=S1(=O)CCN(c2cccc3c2C[C@H](CN(C)Cc2ncccc2C)NC3)CC1. The molecule has 1 atom stereocenters. The Hall–Kier alpha value is -1.89. The van der Waals surface area contributed by atoms with Gasteiger partial charge < -0.3 is 10.2 Å². The molecule has 5 nitrogen and oxygen atoms in total. The lowest BCUT2D eigenvalue weighted by Gasteiger charge is -2.36. The summed E-state index contributed by atoms with van der Waals surface area (Å²) in [4.78, 5) is 9.31. The Kier molecular flexibility index (Phi) is 5.95. The summed E-state index contributed by atoms with van der Waals surface area (Å²) in [5.74, 6) is 5.31. The van der Waals surface area contributed by atoms with Gasteiger partial charge in [-0.15, -0.1) is 0 Å². The first-order valence-electron chi connectivity index (χ1n) is 10.4. The predicted molar refractivity (Wildman–Crippen MR) is 123 cm³/mol. The third kappa shape index (κ3) is 4.82. The molecule has 29 heavy (non-hydrogen) atoms. The summed E-state index contributed by atoms with van der Waals surface area (Å²) in [5, 5.41) is 3.71. The van der Waals surface area contributed by atoms with Gasteiger partial charge in [0, 0.05) is 62.2 Å². The number of hydrogen-bond donors (Lipinski definition) is 1. The molecule has 1 aromatic heterocycles. The fourth-order valence-corrected chi connectivity index (χ4v) is 5.72. The number of aromatic nitrogens is 1. The number of likely N-dealkylation sites (N-methyl/N-ethyl adjacent to an activating group) is 1. The largest absolute Gasteiger partial charge is 0.370 e. The summed E-state index contributed by atoms with van der Waals surface area (Å²) in [6.07, 6.45) is 2.90. The van der Waals surface area contributed by atoms with E-state index in [9.17, 15) is 4.21 Å². The zero-order valence-electron chi connectivity index (χ0n) is 17.6. The van der Waals surface area contributed by atoms with Crippen LogP contribution in [0.25, 0.3) is 0 Å². The highest BCUT2D eigenvalue weighted by Gasteiger charge is 2.25. The molecule has 2 aliphatic rings. The Bertz CT molecular complexity index is 959. The van der Waals surface area contributed by atoms with Crippen LogP contribution < -0.4 is 10.2 Å². The molecule has 1 fully saturated rings. The third-order valence-corrected chi connectivity index (χ3v) is 8.01. The maximum atomic E-state index is 12.3. The number of rotatable bonds is 5. The zero-order chi connectivity index (χ0) is 20.4. The summed E-state index contributed by atoms with van der Waals surface area (Å²) in [6, 6.07) is 11.2. The maximum Gasteiger partial charge on any atom is 0.0572 e. The maximum absolute atomic E-state index is 12.3. The van der Waals surface area contributed by atoms with Gasteiger partial charge in [-0.1, -0.05) is 18.2 Å². The monoisotopic (exact) mass is 412 g/mol. The Morgan fingerprint density at radius 3 is 2.83 bits per heavy atom. The van der Waals surface area contributed by atoms with Gasteiger partial charge in [-0.2, -0.15) is 0 Å². The second-order valence-electron chi connectivity index (χ2n) is 8.52. The normalized spacial score (nSPS) is 21.2. The summed E-state index contributed by atoms with van der Waals surface area (Å²) in [5.41, 5.74) is 6.57. The molecule has 1 aromatic carbocycles. The van der Waals surface area contributed by atoms with Crippen molar-refractivity contribution in [1.29, 1.82) is 0 Å². The van der Waals surface area contributed by atoms with E-state index in [-0.39, 0.29) is 0 Å². The number of benzene rings is 1. The van der Waals surface area contributed by atoms with E-state index >= 15 is 0 Å². The van der Waals surface area contributed by atoms with Crippen molar-refractivity contribution >= 4 is 21.1 Å². The van der Waals surface area contributed by atoms with Crippen molar-refractivity contribution in [3.05, 3.63) is 58.9 Å². The molecule has 4 rings (SSSR count). The van der Waals surface area contributed by atoms with Crippen molar-refractivity contribution in [3.63, 3.8) is 0 Å². The second-order valence-corrected chi connectivity index (χ2v) is 11.3. The standard InChI is InChI=1S/C23H32N4OS/c1-18-6-5-9-24-22(18)17-26(2)16-20-14-21-19(15-25-20)7-4-8-23(21)27-10-12-29(3,28)13-11-27/h4-9,20,25H,3,10-17H2,1-2H3/t20-/m1/s1. The Morgan fingerprint density at radius 2 is 2.07 bits per heavy atom. The van der Waals surface area contributed by atoms with Crippen molar-refractivity contribution in [2.24, 2.45) is 0 Å². The highest BCUT2D eigenvalue weighted by molar-refractivity contribution is 8.00. The van der Waals surface area contributed by atoms with E-state index in [0.717, 1.165) is 44.8 Å². The minimum Gasteiger partial charge on any atom is -0.370 e. The second kappa shape index (κ2) is 8.46. The van der Waals surface area contributed by atoms with Crippen LogP contribution in [0.1, 0.15) is 22.4 Å². The molecule has 1 N–H and O–H groups in total. The molecular formula is C23H32N4OS. The van der Waals surface area contributed by atoms with E-state index in [2.05, 4.69) is 64.2 Å². The quantitative estimate of drug-likeness (QED) is 0.762. The van der Waals surface area contributed by atoms with E-state index in [1.165, 1.54) is 22.4 Å².